The first-order valence-electron chi connectivity index (χ1n) is 10.0. The third-order valence-corrected chi connectivity index (χ3v) is 9.09. The van der Waals surface area contributed by atoms with Crippen LogP contribution in [0.15, 0.2) is 40.6 Å². The lowest BCUT2D eigenvalue weighted by atomic mass is 10.0. The quantitative estimate of drug-likeness (QED) is 0.629. The Balaban J connectivity index is 1.72. The smallest absolute Gasteiger partial charge is 0.267 e. The van der Waals surface area contributed by atoms with Crippen LogP contribution < -0.4 is 10.6 Å². The summed E-state index contributed by atoms with van der Waals surface area (Å²) in [5, 5.41) is 7.32. The number of carbonyl (C=O) groups excluding carboxylic acids is 2. The van der Waals surface area contributed by atoms with Gasteiger partial charge in [-0.2, -0.15) is 16.1 Å². The van der Waals surface area contributed by atoms with Crippen LogP contribution >= 0.6 is 23.1 Å². The van der Waals surface area contributed by atoms with E-state index in [1.165, 1.54) is 10.4 Å². The second kappa shape index (κ2) is 9.72. The fraction of sp³-hybridized carbons (Fsp3) is 0.429. The van der Waals surface area contributed by atoms with Crippen LogP contribution in [0.25, 0.3) is 0 Å². The predicted octanol–water partition coefficient (Wildman–Crippen LogP) is 3.66. The maximum absolute atomic E-state index is 13.0. The molecule has 0 unspecified atom stereocenters. The molecule has 0 aliphatic carbocycles. The summed E-state index contributed by atoms with van der Waals surface area (Å²) in [7, 11) is -3.71. The summed E-state index contributed by atoms with van der Waals surface area (Å²) in [5.74, 6) is 0.834. The highest BCUT2D eigenvalue weighted by Gasteiger charge is 2.31. The SMILES string of the molecule is CCC(C)(C)NC(=O)c1ccc(NC(=O)c2sccc2S(=O)(=O)N2CCSCC2)cc1. The van der Waals surface area contributed by atoms with Crippen molar-refractivity contribution in [2.45, 2.75) is 37.6 Å². The van der Waals surface area contributed by atoms with Gasteiger partial charge in [0, 0.05) is 41.4 Å². The lowest BCUT2D eigenvalue weighted by molar-refractivity contribution is 0.0911. The zero-order chi connectivity index (χ0) is 22.6. The fourth-order valence-electron chi connectivity index (χ4n) is 2.95. The van der Waals surface area contributed by atoms with Crippen molar-refractivity contribution in [2.75, 3.05) is 29.9 Å². The highest BCUT2D eigenvalue weighted by molar-refractivity contribution is 7.99. The van der Waals surface area contributed by atoms with Crippen molar-refractivity contribution in [3.8, 4) is 0 Å². The van der Waals surface area contributed by atoms with E-state index in [-0.39, 0.29) is 21.2 Å². The van der Waals surface area contributed by atoms with Gasteiger partial charge in [0.1, 0.15) is 9.77 Å². The van der Waals surface area contributed by atoms with Gasteiger partial charge < -0.3 is 10.6 Å². The van der Waals surface area contributed by atoms with Crippen molar-refractivity contribution in [1.29, 1.82) is 0 Å². The number of anilines is 1. The topological polar surface area (TPSA) is 95.6 Å². The van der Waals surface area contributed by atoms with Gasteiger partial charge in [-0.15, -0.1) is 11.3 Å². The Kier molecular flexibility index (Phi) is 7.46. The zero-order valence-electron chi connectivity index (χ0n) is 17.8. The molecule has 3 rings (SSSR count). The summed E-state index contributed by atoms with van der Waals surface area (Å²) >= 11 is 2.82. The van der Waals surface area contributed by atoms with Gasteiger partial charge in [0.15, 0.2) is 0 Å². The minimum Gasteiger partial charge on any atom is -0.347 e. The van der Waals surface area contributed by atoms with Crippen LogP contribution in [0.2, 0.25) is 0 Å². The number of hydrogen-bond donors (Lipinski definition) is 2. The van der Waals surface area contributed by atoms with Crippen LogP contribution in [0.5, 0.6) is 0 Å². The van der Waals surface area contributed by atoms with E-state index in [1.807, 2.05) is 20.8 Å². The molecule has 1 fully saturated rings. The number of hydrogen-bond acceptors (Lipinski definition) is 6. The lowest BCUT2D eigenvalue weighted by Crippen LogP contribution is -2.42. The van der Waals surface area contributed by atoms with Crippen molar-refractivity contribution in [3.05, 3.63) is 46.2 Å². The Hall–Kier alpha value is -1.88. The van der Waals surface area contributed by atoms with Gasteiger partial charge in [-0.25, -0.2) is 8.42 Å². The van der Waals surface area contributed by atoms with E-state index < -0.39 is 15.9 Å². The van der Waals surface area contributed by atoms with E-state index in [1.54, 1.807) is 41.4 Å². The molecule has 1 aliphatic heterocycles. The number of rotatable bonds is 7. The third kappa shape index (κ3) is 5.68. The number of thiophene rings is 1. The van der Waals surface area contributed by atoms with Gasteiger partial charge in [-0.3, -0.25) is 9.59 Å². The van der Waals surface area contributed by atoms with E-state index in [2.05, 4.69) is 10.6 Å². The van der Waals surface area contributed by atoms with Crippen molar-refractivity contribution in [2.24, 2.45) is 0 Å². The molecule has 0 spiro atoms. The third-order valence-electron chi connectivity index (χ3n) is 5.16. The number of carbonyl (C=O) groups is 2. The van der Waals surface area contributed by atoms with Crippen LogP contribution in [0, 0.1) is 0 Å². The molecule has 0 bridgehead atoms. The number of sulfonamides is 1. The zero-order valence-corrected chi connectivity index (χ0v) is 20.3. The molecule has 168 valence electrons. The number of thioether (sulfide) groups is 1. The summed E-state index contributed by atoms with van der Waals surface area (Å²) in [6.45, 7) is 6.80. The molecule has 2 aromatic rings. The fourth-order valence-corrected chi connectivity index (χ4v) is 6.82. The summed E-state index contributed by atoms with van der Waals surface area (Å²) in [6.07, 6.45) is 0.801. The summed E-state index contributed by atoms with van der Waals surface area (Å²) in [4.78, 5) is 25.4. The Morgan fingerprint density at radius 2 is 1.71 bits per heavy atom. The monoisotopic (exact) mass is 481 g/mol. The number of benzene rings is 1. The molecule has 31 heavy (non-hydrogen) atoms. The Labute approximate surface area is 191 Å². The van der Waals surface area contributed by atoms with Gasteiger partial charge in [0.25, 0.3) is 11.8 Å². The highest BCUT2D eigenvalue weighted by Crippen LogP contribution is 2.28. The molecule has 1 aliphatic rings. The Bertz CT molecular complexity index is 1040. The largest absolute Gasteiger partial charge is 0.347 e. The lowest BCUT2D eigenvalue weighted by Gasteiger charge is -2.25. The first-order chi connectivity index (χ1) is 14.6. The van der Waals surface area contributed by atoms with Crippen molar-refractivity contribution in [1.82, 2.24) is 9.62 Å². The van der Waals surface area contributed by atoms with Crippen LogP contribution in [-0.2, 0) is 10.0 Å². The van der Waals surface area contributed by atoms with Gasteiger partial charge >= 0.3 is 0 Å². The standard InChI is InChI=1S/C21H27N3O4S3/c1-4-21(2,3)23-19(25)15-5-7-16(8-6-15)22-20(26)18-17(9-12-30-18)31(27,28)24-10-13-29-14-11-24/h5-9,12H,4,10-11,13-14H2,1-3H3,(H,22,26)(H,23,25). The molecule has 1 aromatic carbocycles. The van der Waals surface area contributed by atoms with Crippen molar-refractivity contribution in [3.63, 3.8) is 0 Å². The summed E-state index contributed by atoms with van der Waals surface area (Å²) < 4.78 is 27.4. The van der Waals surface area contributed by atoms with Crippen LogP contribution in [0.3, 0.4) is 0 Å². The number of nitrogens with one attached hydrogen (secondary N) is 2. The van der Waals surface area contributed by atoms with E-state index in [4.69, 9.17) is 0 Å². The predicted molar refractivity (Wildman–Crippen MR) is 127 cm³/mol. The van der Waals surface area contributed by atoms with Gasteiger partial charge in [0.2, 0.25) is 10.0 Å². The number of amides is 2. The molecule has 2 heterocycles. The minimum absolute atomic E-state index is 0.0414. The van der Waals surface area contributed by atoms with Gasteiger partial charge in [-0.05, 0) is 56.0 Å². The molecule has 2 amide bonds. The molecule has 2 N–H and O–H groups in total. The minimum atomic E-state index is -3.71. The highest BCUT2D eigenvalue weighted by atomic mass is 32.2. The average Bonchev–Trinajstić information content (AvgIpc) is 3.26. The normalized spacial score (nSPS) is 15.5. The van der Waals surface area contributed by atoms with E-state index in [0.717, 1.165) is 29.3 Å². The van der Waals surface area contributed by atoms with E-state index >= 15 is 0 Å². The second-order valence-electron chi connectivity index (χ2n) is 7.85. The molecule has 0 saturated carbocycles. The Morgan fingerprint density at radius 1 is 1.06 bits per heavy atom. The molecule has 10 heteroatoms. The first kappa shape index (κ1) is 23.8. The average molecular weight is 482 g/mol. The van der Waals surface area contributed by atoms with E-state index in [0.29, 0.717) is 24.3 Å². The van der Waals surface area contributed by atoms with Crippen LogP contribution in [0.1, 0.15) is 47.2 Å². The second-order valence-corrected chi connectivity index (χ2v) is 11.9. The number of nitrogens with zero attached hydrogens (tertiary/aromatic N) is 1. The molecule has 0 atom stereocenters. The first-order valence-corrected chi connectivity index (χ1v) is 13.5. The summed E-state index contributed by atoms with van der Waals surface area (Å²) in [6, 6.07) is 8.02. The van der Waals surface area contributed by atoms with Crippen molar-refractivity contribution < 1.29 is 18.0 Å². The Morgan fingerprint density at radius 3 is 2.32 bits per heavy atom. The maximum atomic E-state index is 13.0. The van der Waals surface area contributed by atoms with Gasteiger partial charge in [-0.1, -0.05) is 6.92 Å². The van der Waals surface area contributed by atoms with Crippen LogP contribution in [-0.4, -0.2) is 54.7 Å². The molecule has 0 radical (unpaired) electrons. The molecular weight excluding hydrogens is 454 g/mol. The molecule has 7 nitrogen and oxygen atoms in total. The van der Waals surface area contributed by atoms with E-state index in [9.17, 15) is 18.0 Å². The maximum Gasteiger partial charge on any atom is 0.267 e. The molecule has 1 aromatic heterocycles. The van der Waals surface area contributed by atoms with Gasteiger partial charge in [0.05, 0.1) is 0 Å². The van der Waals surface area contributed by atoms with Crippen molar-refractivity contribution >= 4 is 50.6 Å². The molecule has 1 saturated heterocycles. The summed E-state index contributed by atoms with van der Waals surface area (Å²) in [5.41, 5.74) is 0.669. The molecular formula is C21H27N3O4S3. The van der Waals surface area contributed by atoms with Crippen LogP contribution in [0.4, 0.5) is 5.69 Å².